The van der Waals surface area contributed by atoms with Crippen molar-refractivity contribution in [1.29, 1.82) is 0 Å². The van der Waals surface area contributed by atoms with Crippen LogP contribution in [0.2, 0.25) is 0 Å². The van der Waals surface area contributed by atoms with E-state index in [1.165, 1.54) is 13.3 Å². The van der Waals surface area contributed by atoms with Gasteiger partial charge in [-0.15, -0.1) is 0 Å². The lowest BCUT2D eigenvalue weighted by Crippen LogP contribution is -2.42. The van der Waals surface area contributed by atoms with Gasteiger partial charge in [-0.3, -0.25) is 9.89 Å². The summed E-state index contributed by atoms with van der Waals surface area (Å²) >= 11 is 0. The Morgan fingerprint density at radius 1 is 1.65 bits per heavy atom. The summed E-state index contributed by atoms with van der Waals surface area (Å²) in [5.41, 5.74) is 0.637. The summed E-state index contributed by atoms with van der Waals surface area (Å²) in [5, 5.41) is 17.6. The largest absolute Gasteiger partial charge is 0.480 e. The molecule has 0 spiro atoms. The maximum Gasteiger partial charge on any atom is 0.326 e. The number of hydrogen-bond acceptors (Lipinski definition) is 4. The molecule has 0 aliphatic carbocycles. The van der Waals surface area contributed by atoms with Gasteiger partial charge in [0.25, 0.3) is 0 Å². The number of nitrogens with zero attached hydrogens (tertiary/aromatic N) is 1. The average molecular weight is 241 g/mol. The van der Waals surface area contributed by atoms with E-state index in [9.17, 15) is 9.59 Å². The maximum atomic E-state index is 11.5. The number of aromatic amines is 1. The molecular weight excluding hydrogens is 226 g/mol. The van der Waals surface area contributed by atoms with E-state index in [1.807, 2.05) is 0 Å². The molecule has 0 aliphatic heterocycles. The van der Waals surface area contributed by atoms with E-state index in [0.29, 0.717) is 5.69 Å². The third-order valence-electron chi connectivity index (χ3n) is 2.15. The number of H-pyrrole nitrogens is 1. The SMILES string of the molecule is COCCC(NC(=O)Cc1ccn[nH]1)C(=O)O. The van der Waals surface area contributed by atoms with Crippen LogP contribution >= 0.6 is 0 Å². The minimum atomic E-state index is -1.07. The number of carboxylic acid groups (broad SMARTS) is 1. The molecule has 3 N–H and O–H groups in total. The van der Waals surface area contributed by atoms with E-state index >= 15 is 0 Å². The van der Waals surface area contributed by atoms with E-state index in [4.69, 9.17) is 9.84 Å². The van der Waals surface area contributed by atoms with Crippen molar-refractivity contribution in [3.05, 3.63) is 18.0 Å². The number of nitrogens with one attached hydrogen (secondary N) is 2. The third kappa shape index (κ3) is 4.64. The van der Waals surface area contributed by atoms with Gasteiger partial charge in [-0.05, 0) is 6.07 Å². The number of carbonyl (C=O) groups is 2. The Bertz CT molecular complexity index is 364. The van der Waals surface area contributed by atoms with Crippen molar-refractivity contribution in [3.63, 3.8) is 0 Å². The zero-order valence-corrected chi connectivity index (χ0v) is 9.47. The van der Waals surface area contributed by atoms with Crippen LogP contribution in [0.4, 0.5) is 0 Å². The number of carbonyl (C=O) groups excluding carboxylic acids is 1. The van der Waals surface area contributed by atoms with E-state index in [-0.39, 0.29) is 25.4 Å². The van der Waals surface area contributed by atoms with Crippen molar-refractivity contribution in [3.8, 4) is 0 Å². The summed E-state index contributed by atoms with van der Waals surface area (Å²) in [6.07, 6.45) is 1.85. The summed E-state index contributed by atoms with van der Waals surface area (Å²) in [6.45, 7) is 0.279. The van der Waals surface area contributed by atoms with Crippen LogP contribution in [0.25, 0.3) is 0 Å². The molecule has 1 unspecified atom stereocenters. The summed E-state index contributed by atoms with van der Waals surface area (Å²) in [6, 6.07) is 0.732. The van der Waals surface area contributed by atoms with Gasteiger partial charge in [0.15, 0.2) is 0 Å². The smallest absolute Gasteiger partial charge is 0.326 e. The lowest BCUT2D eigenvalue weighted by Gasteiger charge is -2.13. The fourth-order valence-electron chi connectivity index (χ4n) is 1.29. The Hall–Kier alpha value is -1.89. The Morgan fingerprint density at radius 3 is 2.94 bits per heavy atom. The second kappa shape index (κ2) is 6.64. The molecular formula is C10H15N3O4. The minimum absolute atomic E-state index is 0.0801. The highest BCUT2D eigenvalue weighted by Gasteiger charge is 2.19. The predicted octanol–water partition coefficient (Wildman–Crippen LogP) is -0.442. The van der Waals surface area contributed by atoms with Gasteiger partial charge in [-0.25, -0.2) is 4.79 Å². The molecule has 1 aromatic rings. The van der Waals surface area contributed by atoms with Gasteiger partial charge < -0.3 is 15.2 Å². The average Bonchev–Trinajstić information content (AvgIpc) is 2.76. The first-order valence-electron chi connectivity index (χ1n) is 5.13. The topological polar surface area (TPSA) is 104 Å². The van der Waals surface area contributed by atoms with Crippen LogP contribution in [-0.4, -0.2) is 46.9 Å². The van der Waals surface area contributed by atoms with Crippen LogP contribution in [0.1, 0.15) is 12.1 Å². The fraction of sp³-hybridized carbons (Fsp3) is 0.500. The molecule has 0 aliphatic rings. The second-order valence-corrected chi connectivity index (χ2v) is 3.50. The Kier molecular flexibility index (Phi) is 5.15. The number of methoxy groups -OCH3 is 1. The normalized spacial score (nSPS) is 12.1. The van der Waals surface area contributed by atoms with Crippen molar-refractivity contribution in [1.82, 2.24) is 15.5 Å². The maximum absolute atomic E-state index is 11.5. The van der Waals surface area contributed by atoms with Crippen LogP contribution in [0.15, 0.2) is 12.3 Å². The van der Waals surface area contributed by atoms with Crippen LogP contribution in [0.5, 0.6) is 0 Å². The van der Waals surface area contributed by atoms with Crippen molar-refractivity contribution in [2.45, 2.75) is 18.9 Å². The van der Waals surface area contributed by atoms with Crippen LogP contribution < -0.4 is 5.32 Å². The molecule has 0 bridgehead atoms. The van der Waals surface area contributed by atoms with Gasteiger partial charge in [0.2, 0.25) is 5.91 Å². The first kappa shape index (κ1) is 13.2. The highest BCUT2D eigenvalue weighted by molar-refractivity contribution is 5.84. The minimum Gasteiger partial charge on any atom is -0.480 e. The molecule has 7 nitrogen and oxygen atoms in total. The molecule has 1 atom stereocenters. The molecule has 94 valence electrons. The van der Waals surface area contributed by atoms with Crippen LogP contribution in [0, 0.1) is 0 Å². The van der Waals surface area contributed by atoms with Gasteiger partial charge in [-0.1, -0.05) is 0 Å². The van der Waals surface area contributed by atoms with Crippen LogP contribution in [-0.2, 0) is 20.7 Å². The quantitative estimate of drug-likeness (QED) is 0.600. The Morgan fingerprint density at radius 2 is 2.41 bits per heavy atom. The molecule has 1 rings (SSSR count). The van der Waals surface area contributed by atoms with Gasteiger partial charge in [0.05, 0.1) is 6.42 Å². The Balaban J connectivity index is 2.43. The number of amides is 1. The number of hydrogen-bond donors (Lipinski definition) is 3. The highest BCUT2D eigenvalue weighted by atomic mass is 16.5. The zero-order chi connectivity index (χ0) is 12.7. The van der Waals surface area contributed by atoms with Crippen LogP contribution in [0.3, 0.4) is 0 Å². The molecule has 0 fully saturated rings. The van der Waals surface area contributed by atoms with E-state index in [2.05, 4.69) is 15.5 Å². The van der Waals surface area contributed by atoms with Gasteiger partial charge >= 0.3 is 5.97 Å². The molecule has 0 aromatic carbocycles. The Labute approximate surface area is 98.2 Å². The zero-order valence-electron chi connectivity index (χ0n) is 9.47. The van der Waals surface area contributed by atoms with E-state index in [1.54, 1.807) is 6.07 Å². The summed E-state index contributed by atoms with van der Waals surface area (Å²) in [4.78, 5) is 22.4. The number of rotatable bonds is 7. The molecule has 1 amide bonds. The van der Waals surface area contributed by atoms with E-state index in [0.717, 1.165) is 0 Å². The monoisotopic (exact) mass is 241 g/mol. The molecule has 1 heterocycles. The van der Waals surface area contributed by atoms with Crippen molar-refractivity contribution in [2.75, 3.05) is 13.7 Å². The van der Waals surface area contributed by atoms with Crippen molar-refractivity contribution in [2.24, 2.45) is 0 Å². The predicted molar refractivity (Wildman–Crippen MR) is 58.4 cm³/mol. The fourth-order valence-corrected chi connectivity index (χ4v) is 1.29. The molecule has 0 radical (unpaired) electrons. The highest BCUT2D eigenvalue weighted by Crippen LogP contribution is 1.97. The number of aromatic nitrogens is 2. The van der Waals surface area contributed by atoms with Crippen molar-refractivity contribution < 1.29 is 19.4 Å². The standard InChI is InChI=1S/C10H15N3O4/c1-17-5-3-8(10(15)16)12-9(14)6-7-2-4-11-13-7/h2,4,8H,3,5-6H2,1H3,(H,11,13)(H,12,14)(H,15,16). The van der Waals surface area contributed by atoms with E-state index < -0.39 is 12.0 Å². The molecule has 0 saturated carbocycles. The molecule has 1 aromatic heterocycles. The van der Waals surface area contributed by atoms with Gasteiger partial charge in [-0.2, -0.15) is 5.10 Å². The second-order valence-electron chi connectivity index (χ2n) is 3.50. The first-order valence-corrected chi connectivity index (χ1v) is 5.13. The summed E-state index contributed by atoms with van der Waals surface area (Å²) in [5.74, 6) is -1.43. The third-order valence-corrected chi connectivity index (χ3v) is 2.15. The van der Waals surface area contributed by atoms with Gasteiger partial charge in [0, 0.05) is 32.0 Å². The molecule has 17 heavy (non-hydrogen) atoms. The van der Waals surface area contributed by atoms with Gasteiger partial charge in [0.1, 0.15) is 6.04 Å². The molecule has 7 heteroatoms. The summed E-state index contributed by atoms with van der Waals surface area (Å²) < 4.78 is 4.78. The first-order chi connectivity index (χ1) is 8.13. The van der Waals surface area contributed by atoms with Crippen molar-refractivity contribution >= 4 is 11.9 Å². The lowest BCUT2D eigenvalue weighted by molar-refractivity contribution is -0.142. The molecule has 0 saturated heterocycles. The summed E-state index contributed by atoms with van der Waals surface area (Å²) in [7, 11) is 1.48. The lowest BCUT2D eigenvalue weighted by atomic mass is 10.2. The number of carboxylic acids is 1. The number of aliphatic carboxylic acids is 1. The number of ether oxygens (including phenoxy) is 1.